The molecule has 2 unspecified atom stereocenters. The topological polar surface area (TPSA) is 80.0 Å². The summed E-state index contributed by atoms with van der Waals surface area (Å²) >= 11 is 5.74. The van der Waals surface area contributed by atoms with Crippen LogP contribution in [0.3, 0.4) is 0 Å². The molecule has 1 aromatic carbocycles. The predicted molar refractivity (Wildman–Crippen MR) is 82.0 cm³/mol. The summed E-state index contributed by atoms with van der Waals surface area (Å²) in [5.74, 6) is -0.939. The number of halogens is 2. The number of hydrogen-bond acceptors (Lipinski definition) is 4. The van der Waals surface area contributed by atoms with E-state index in [0.717, 1.165) is 19.3 Å². The standard InChI is InChI=1S/C15H16ClFN4O2/c16-10-4-2-6-13(14(10)17)21-7-12(19-20-21)15(23)18-11-5-1-3-9(11)8-22/h2,4,6-7,9,11,22H,1,3,5,8H2,(H,18,23). The molecule has 1 fully saturated rings. The molecule has 2 aromatic rings. The van der Waals surface area contributed by atoms with Gasteiger partial charge in [-0.15, -0.1) is 5.10 Å². The van der Waals surface area contributed by atoms with Crippen LogP contribution in [0, 0.1) is 11.7 Å². The largest absolute Gasteiger partial charge is 0.396 e. The maximum atomic E-state index is 14.0. The summed E-state index contributed by atoms with van der Waals surface area (Å²) in [4.78, 5) is 12.2. The molecule has 1 amide bonds. The second-order valence-corrected chi connectivity index (χ2v) is 5.98. The average molecular weight is 339 g/mol. The molecule has 0 aliphatic heterocycles. The van der Waals surface area contributed by atoms with Crippen molar-refractivity contribution in [2.75, 3.05) is 6.61 Å². The van der Waals surface area contributed by atoms with Crippen molar-refractivity contribution in [1.82, 2.24) is 20.3 Å². The summed E-state index contributed by atoms with van der Waals surface area (Å²) < 4.78 is 15.1. The first-order valence-corrected chi connectivity index (χ1v) is 7.76. The lowest BCUT2D eigenvalue weighted by molar-refractivity contribution is 0.0911. The fourth-order valence-corrected chi connectivity index (χ4v) is 3.01. The molecule has 1 aliphatic carbocycles. The minimum absolute atomic E-state index is 0.0271. The molecule has 8 heteroatoms. The van der Waals surface area contributed by atoms with Crippen molar-refractivity contribution in [2.24, 2.45) is 5.92 Å². The molecular formula is C15H16ClFN4O2. The van der Waals surface area contributed by atoms with Crippen LogP contribution in [0.1, 0.15) is 29.8 Å². The molecule has 0 bridgehead atoms. The number of amides is 1. The Morgan fingerprint density at radius 3 is 3.09 bits per heavy atom. The number of aliphatic hydroxyl groups excluding tert-OH is 1. The lowest BCUT2D eigenvalue weighted by atomic mass is 10.1. The summed E-state index contributed by atoms with van der Waals surface area (Å²) in [6.07, 6.45) is 4.04. The van der Waals surface area contributed by atoms with E-state index in [0.29, 0.717) is 0 Å². The Bertz CT molecular complexity index is 721. The van der Waals surface area contributed by atoms with E-state index in [2.05, 4.69) is 15.6 Å². The zero-order valence-electron chi connectivity index (χ0n) is 12.2. The van der Waals surface area contributed by atoms with Crippen LogP contribution >= 0.6 is 11.6 Å². The molecule has 1 aromatic heterocycles. The van der Waals surface area contributed by atoms with Crippen LogP contribution in [0.25, 0.3) is 5.69 Å². The Kier molecular flexibility index (Phi) is 4.58. The van der Waals surface area contributed by atoms with Crippen molar-refractivity contribution in [1.29, 1.82) is 0 Å². The Labute approximate surface area is 137 Å². The van der Waals surface area contributed by atoms with Gasteiger partial charge in [-0.1, -0.05) is 29.3 Å². The van der Waals surface area contributed by atoms with Gasteiger partial charge < -0.3 is 10.4 Å². The van der Waals surface area contributed by atoms with E-state index in [1.807, 2.05) is 0 Å². The third-order valence-electron chi connectivity index (χ3n) is 4.11. The number of benzene rings is 1. The van der Waals surface area contributed by atoms with Gasteiger partial charge in [0.25, 0.3) is 5.91 Å². The van der Waals surface area contributed by atoms with Gasteiger partial charge in [-0.3, -0.25) is 4.79 Å². The number of carbonyl (C=O) groups excluding carboxylic acids is 1. The van der Waals surface area contributed by atoms with Gasteiger partial charge in [0.1, 0.15) is 5.69 Å². The molecule has 2 atom stereocenters. The summed E-state index contributed by atoms with van der Waals surface area (Å²) in [5.41, 5.74) is 0.214. The second kappa shape index (κ2) is 6.64. The smallest absolute Gasteiger partial charge is 0.273 e. The zero-order chi connectivity index (χ0) is 16.4. The van der Waals surface area contributed by atoms with Crippen LogP contribution in [0.2, 0.25) is 5.02 Å². The van der Waals surface area contributed by atoms with Crippen LogP contribution < -0.4 is 5.32 Å². The third-order valence-corrected chi connectivity index (χ3v) is 4.41. The maximum absolute atomic E-state index is 14.0. The molecule has 3 rings (SSSR count). The molecule has 1 aliphatic rings. The van der Waals surface area contributed by atoms with Crippen molar-refractivity contribution in [3.63, 3.8) is 0 Å². The van der Waals surface area contributed by atoms with Gasteiger partial charge in [-0.2, -0.15) is 0 Å². The lowest BCUT2D eigenvalue weighted by Crippen LogP contribution is -2.38. The molecule has 23 heavy (non-hydrogen) atoms. The molecule has 1 heterocycles. The Hall–Kier alpha value is -1.99. The molecular weight excluding hydrogens is 323 g/mol. The Morgan fingerprint density at radius 2 is 2.30 bits per heavy atom. The van der Waals surface area contributed by atoms with E-state index in [-0.39, 0.29) is 40.9 Å². The number of aromatic nitrogens is 3. The van der Waals surface area contributed by atoms with E-state index < -0.39 is 5.82 Å². The van der Waals surface area contributed by atoms with E-state index >= 15 is 0 Å². The quantitative estimate of drug-likeness (QED) is 0.893. The number of aliphatic hydroxyl groups is 1. The van der Waals surface area contributed by atoms with Crippen LogP contribution in [-0.4, -0.2) is 38.7 Å². The van der Waals surface area contributed by atoms with Gasteiger partial charge >= 0.3 is 0 Å². The van der Waals surface area contributed by atoms with Crippen molar-refractivity contribution < 1.29 is 14.3 Å². The van der Waals surface area contributed by atoms with Gasteiger partial charge in [0.05, 0.1) is 11.2 Å². The second-order valence-electron chi connectivity index (χ2n) is 5.57. The minimum Gasteiger partial charge on any atom is -0.396 e. The average Bonchev–Trinajstić information content (AvgIpc) is 3.19. The Balaban J connectivity index is 1.76. The number of nitrogens with zero attached hydrogens (tertiary/aromatic N) is 3. The van der Waals surface area contributed by atoms with E-state index in [4.69, 9.17) is 11.6 Å². The summed E-state index contributed by atoms with van der Waals surface area (Å²) in [6, 6.07) is 4.45. The molecule has 122 valence electrons. The van der Waals surface area contributed by atoms with Crippen LogP contribution in [0.5, 0.6) is 0 Å². The lowest BCUT2D eigenvalue weighted by Gasteiger charge is -2.17. The molecule has 2 N–H and O–H groups in total. The van der Waals surface area contributed by atoms with E-state index in [1.165, 1.54) is 23.0 Å². The summed E-state index contributed by atoms with van der Waals surface area (Å²) in [6.45, 7) is 0.0470. The van der Waals surface area contributed by atoms with Crippen LogP contribution in [0.4, 0.5) is 4.39 Å². The monoisotopic (exact) mass is 338 g/mol. The third kappa shape index (κ3) is 3.20. The number of hydrogen-bond donors (Lipinski definition) is 2. The van der Waals surface area contributed by atoms with Crippen LogP contribution in [0.15, 0.2) is 24.4 Å². The van der Waals surface area contributed by atoms with E-state index in [1.54, 1.807) is 6.07 Å². The minimum atomic E-state index is -0.623. The van der Waals surface area contributed by atoms with Crippen molar-refractivity contribution in [3.05, 3.63) is 40.9 Å². The van der Waals surface area contributed by atoms with Gasteiger partial charge in [-0.05, 0) is 25.0 Å². The number of rotatable bonds is 4. The summed E-state index contributed by atoms with van der Waals surface area (Å²) in [5, 5.41) is 19.7. The first-order chi connectivity index (χ1) is 11.1. The molecule has 1 saturated carbocycles. The number of nitrogens with one attached hydrogen (secondary N) is 1. The predicted octanol–water partition coefficient (Wildman–Crippen LogP) is 1.95. The highest BCUT2D eigenvalue weighted by molar-refractivity contribution is 6.30. The van der Waals surface area contributed by atoms with Crippen LogP contribution in [-0.2, 0) is 0 Å². The van der Waals surface area contributed by atoms with Gasteiger partial charge in [0.2, 0.25) is 0 Å². The first-order valence-electron chi connectivity index (χ1n) is 7.38. The molecule has 0 radical (unpaired) electrons. The van der Waals surface area contributed by atoms with Gasteiger partial charge in [0, 0.05) is 18.6 Å². The van der Waals surface area contributed by atoms with E-state index in [9.17, 15) is 14.3 Å². The SMILES string of the molecule is O=C(NC1CCCC1CO)c1cn(-c2cccc(Cl)c2F)nn1. The van der Waals surface area contributed by atoms with Crippen molar-refractivity contribution in [3.8, 4) is 5.69 Å². The molecule has 0 spiro atoms. The first kappa shape index (κ1) is 15.9. The zero-order valence-corrected chi connectivity index (χ0v) is 13.0. The Morgan fingerprint density at radius 1 is 1.48 bits per heavy atom. The summed E-state index contributed by atoms with van der Waals surface area (Å²) in [7, 11) is 0. The number of carbonyl (C=O) groups is 1. The highest BCUT2D eigenvalue weighted by Crippen LogP contribution is 2.25. The van der Waals surface area contributed by atoms with Gasteiger partial charge in [-0.25, -0.2) is 9.07 Å². The maximum Gasteiger partial charge on any atom is 0.273 e. The highest BCUT2D eigenvalue weighted by Gasteiger charge is 2.28. The highest BCUT2D eigenvalue weighted by atomic mass is 35.5. The van der Waals surface area contributed by atoms with Crippen molar-refractivity contribution in [2.45, 2.75) is 25.3 Å². The van der Waals surface area contributed by atoms with Crippen molar-refractivity contribution >= 4 is 17.5 Å². The normalized spacial score (nSPS) is 20.7. The fourth-order valence-electron chi connectivity index (χ4n) is 2.84. The molecule has 0 saturated heterocycles. The molecule has 6 nitrogen and oxygen atoms in total. The fraction of sp³-hybridized carbons (Fsp3) is 0.400. The van der Waals surface area contributed by atoms with Gasteiger partial charge in [0.15, 0.2) is 11.5 Å².